The Balaban J connectivity index is 3.84. The number of unbranched alkanes of at least 4 members (excludes halogenated alkanes) is 1. The van der Waals surface area contributed by atoms with E-state index in [9.17, 15) is 9.00 Å². The molecule has 4 nitrogen and oxygen atoms in total. The van der Waals surface area contributed by atoms with E-state index in [-0.39, 0.29) is 23.1 Å². The second-order valence-electron chi connectivity index (χ2n) is 5.13. The lowest BCUT2D eigenvalue weighted by Gasteiger charge is -2.15. The number of hydrogen-bond acceptors (Lipinski definition) is 4. The third-order valence-electron chi connectivity index (χ3n) is 2.83. The Kier molecular flexibility index (Phi) is 7.85. The Morgan fingerprint density at radius 3 is 2.56 bits per heavy atom. The van der Waals surface area contributed by atoms with Crippen LogP contribution in [0.3, 0.4) is 0 Å². The molecule has 0 radical (unpaired) electrons. The summed E-state index contributed by atoms with van der Waals surface area (Å²) in [4.78, 5) is 11.0. The van der Waals surface area contributed by atoms with Crippen LogP contribution in [0.15, 0.2) is 0 Å². The highest BCUT2D eigenvalue weighted by molar-refractivity contribution is 7.85. The molecule has 0 bridgehead atoms. The maximum absolute atomic E-state index is 11.8. The molecular formula is C13H23NO3S. The van der Waals surface area contributed by atoms with Crippen LogP contribution in [-0.2, 0) is 20.3 Å². The van der Waals surface area contributed by atoms with E-state index in [0.717, 1.165) is 19.3 Å². The van der Waals surface area contributed by atoms with Crippen LogP contribution in [0, 0.1) is 16.7 Å². The van der Waals surface area contributed by atoms with E-state index in [2.05, 4.69) is 10.8 Å². The van der Waals surface area contributed by atoms with Crippen molar-refractivity contribution in [2.45, 2.75) is 51.7 Å². The van der Waals surface area contributed by atoms with Gasteiger partial charge in [-0.25, -0.2) is 0 Å². The Morgan fingerprint density at radius 2 is 2.06 bits per heavy atom. The molecule has 0 saturated heterocycles. The summed E-state index contributed by atoms with van der Waals surface area (Å²) < 4.78 is 16.4. The first kappa shape index (κ1) is 17.1. The summed E-state index contributed by atoms with van der Waals surface area (Å²) >= 11 is 0. The molecule has 5 heteroatoms. The highest BCUT2D eigenvalue weighted by atomic mass is 32.2. The fourth-order valence-corrected chi connectivity index (χ4v) is 2.69. The van der Waals surface area contributed by atoms with Crippen molar-refractivity contribution in [1.82, 2.24) is 0 Å². The predicted octanol–water partition coefficient (Wildman–Crippen LogP) is 2.41. The highest BCUT2D eigenvalue weighted by Gasteiger charge is 2.18. The van der Waals surface area contributed by atoms with E-state index in [1.807, 2.05) is 13.8 Å². The lowest BCUT2D eigenvalue weighted by atomic mass is 9.89. The van der Waals surface area contributed by atoms with Crippen LogP contribution in [0.25, 0.3) is 0 Å². The largest absolute Gasteiger partial charge is 0.469 e. The minimum absolute atomic E-state index is 0.165. The van der Waals surface area contributed by atoms with Gasteiger partial charge in [0, 0.05) is 21.8 Å². The molecule has 18 heavy (non-hydrogen) atoms. The zero-order chi connectivity index (χ0) is 14.2. The van der Waals surface area contributed by atoms with Gasteiger partial charge in [0.2, 0.25) is 0 Å². The molecule has 0 fully saturated rings. The molecule has 2 atom stereocenters. The van der Waals surface area contributed by atoms with E-state index in [0.29, 0.717) is 5.75 Å². The molecule has 0 aromatic heterocycles. The maximum Gasteiger partial charge on any atom is 0.306 e. The molecule has 0 saturated carbocycles. The average molecular weight is 273 g/mol. The third-order valence-corrected chi connectivity index (χ3v) is 4.59. The summed E-state index contributed by atoms with van der Waals surface area (Å²) in [6.07, 6.45) is 2.72. The van der Waals surface area contributed by atoms with Gasteiger partial charge in [0.1, 0.15) is 0 Å². The van der Waals surface area contributed by atoms with Crippen LogP contribution in [0.1, 0.15) is 46.5 Å². The van der Waals surface area contributed by atoms with Gasteiger partial charge in [0.05, 0.1) is 25.0 Å². The predicted molar refractivity (Wildman–Crippen MR) is 72.3 cm³/mol. The molecule has 0 rings (SSSR count). The van der Waals surface area contributed by atoms with Crippen molar-refractivity contribution in [3.05, 3.63) is 0 Å². The number of carbonyl (C=O) groups is 1. The van der Waals surface area contributed by atoms with Crippen molar-refractivity contribution in [1.29, 1.82) is 5.26 Å². The minimum Gasteiger partial charge on any atom is -0.469 e. The van der Waals surface area contributed by atoms with Gasteiger partial charge in [-0.05, 0) is 26.7 Å². The van der Waals surface area contributed by atoms with Crippen molar-refractivity contribution in [2.75, 3.05) is 12.9 Å². The highest BCUT2D eigenvalue weighted by Crippen LogP contribution is 2.21. The number of ether oxygens (including phenoxy) is 1. The molecule has 0 aromatic carbocycles. The summed E-state index contributed by atoms with van der Waals surface area (Å²) in [5, 5.41) is 8.69. The number of carbonyl (C=O) groups excluding carboxylic acids is 1. The molecule has 0 aromatic rings. The normalized spacial score (nSPS) is 14.6. The second kappa shape index (κ2) is 8.25. The number of esters is 1. The Bertz CT molecular complexity index is 334. The SMILES string of the molecule is COC(=O)CC(C)S(=O)CCCCC(C)(C)C#N. The first-order valence-corrected chi connectivity index (χ1v) is 7.56. The molecule has 0 aliphatic heterocycles. The quantitative estimate of drug-likeness (QED) is 0.503. The van der Waals surface area contributed by atoms with Gasteiger partial charge in [0.15, 0.2) is 0 Å². The zero-order valence-corrected chi connectivity index (χ0v) is 12.5. The van der Waals surface area contributed by atoms with Gasteiger partial charge >= 0.3 is 5.97 Å². The van der Waals surface area contributed by atoms with E-state index < -0.39 is 10.8 Å². The third kappa shape index (κ3) is 7.44. The monoisotopic (exact) mass is 273 g/mol. The zero-order valence-electron chi connectivity index (χ0n) is 11.7. The van der Waals surface area contributed by atoms with Crippen molar-refractivity contribution in [2.24, 2.45) is 5.41 Å². The van der Waals surface area contributed by atoms with Gasteiger partial charge in [-0.15, -0.1) is 0 Å². The standard InChI is InChI=1S/C13H23NO3S/c1-11(9-12(15)17-4)18(16)8-6-5-7-13(2,3)10-14/h11H,5-9H2,1-4H3. The molecule has 0 amide bonds. The van der Waals surface area contributed by atoms with Gasteiger partial charge in [-0.2, -0.15) is 5.26 Å². The molecule has 0 aliphatic carbocycles. The summed E-state index contributed by atoms with van der Waals surface area (Å²) in [6, 6.07) is 2.25. The number of rotatable bonds is 8. The summed E-state index contributed by atoms with van der Waals surface area (Å²) in [6.45, 7) is 5.61. The van der Waals surface area contributed by atoms with Crippen molar-refractivity contribution < 1.29 is 13.7 Å². The Labute approximate surface area is 112 Å². The first-order chi connectivity index (χ1) is 8.32. The number of hydrogen-bond donors (Lipinski definition) is 0. The van der Waals surface area contributed by atoms with Crippen LogP contribution in [0.2, 0.25) is 0 Å². The van der Waals surface area contributed by atoms with Gasteiger partial charge < -0.3 is 4.74 Å². The van der Waals surface area contributed by atoms with Crippen molar-refractivity contribution >= 4 is 16.8 Å². The molecule has 0 N–H and O–H groups in total. The van der Waals surface area contributed by atoms with Crippen LogP contribution < -0.4 is 0 Å². The molecule has 2 unspecified atom stereocenters. The number of methoxy groups -OCH3 is 1. The van der Waals surface area contributed by atoms with E-state index >= 15 is 0 Å². The number of nitrogens with zero attached hydrogens (tertiary/aromatic N) is 1. The Hall–Kier alpha value is -0.890. The van der Waals surface area contributed by atoms with E-state index in [1.54, 1.807) is 6.92 Å². The summed E-state index contributed by atoms with van der Waals surface area (Å²) in [5.74, 6) is 0.265. The smallest absolute Gasteiger partial charge is 0.306 e. The molecule has 0 spiro atoms. The van der Waals surface area contributed by atoms with E-state index in [1.165, 1.54) is 7.11 Å². The summed E-state index contributed by atoms with van der Waals surface area (Å²) in [7, 11) is 0.334. The first-order valence-electron chi connectivity index (χ1n) is 6.17. The van der Waals surface area contributed by atoms with Gasteiger partial charge in [0.25, 0.3) is 0 Å². The van der Waals surface area contributed by atoms with Gasteiger partial charge in [-0.3, -0.25) is 9.00 Å². The topological polar surface area (TPSA) is 67.2 Å². The second-order valence-corrected chi connectivity index (χ2v) is 7.10. The fourth-order valence-electron chi connectivity index (χ4n) is 1.48. The van der Waals surface area contributed by atoms with Gasteiger partial charge in [-0.1, -0.05) is 13.3 Å². The van der Waals surface area contributed by atoms with Crippen LogP contribution in [0.4, 0.5) is 0 Å². The minimum atomic E-state index is -1.00. The lowest BCUT2D eigenvalue weighted by Crippen LogP contribution is -2.19. The summed E-state index contributed by atoms with van der Waals surface area (Å²) in [5.41, 5.74) is -0.306. The maximum atomic E-state index is 11.8. The fraction of sp³-hybridized carbons (Fsp3) is 0.846. The van der Waals surface area contributed by atoms with Crippen LogP contribution >= 0.6 is 0 Å². The van der Waals surface area contributed by atoms with Crippen LogP contribution in [-0.4, -0.2) is 28.3 Å². The molecule has 0 aliphatic rings. The Morgan fingerprint density at radius 1 is 1.44 bits per heavy atom. The van der Waals surface area contributed by atoms with Crippen molar-refractivity contribution in [3.8, 4) is 6.07 Å². The van der Waals surface area contributed by atoms with Crippen molar-refractivity contribution in [3.63, 3.8) is 0 Å². The lowest BCUT2D eigenvalue weighted by molar-refractivity contribution is -0.140. The van der Waals surface area contributed by atoms with Crippen LogP contribution in [0.5, 0.6) is 0 Å². The average Bonchev–Trinajstić information content (AvgIpc) is 2.34. The molecular weight excluding hydrogens is 250 g/mol. The molecule has 0 heterocycles. The number of nitriles is 1. The molecule has 104 valence electrons. The van der Waals surface area contributed by atoms with E-state index in [4.69, 9.17) is 5.26 Å².